The second kappa shape index (κ2) is 9.45. The fourth-order valence-corrected chi connectivity index (χ4v) is 3.43. The summed E-state index contributed by atoms with van der Waals surface area (Å²) in [5, 5.41) is 5.64. The van der Waals surface area contributed by atoms with Gasteiger partial charge in [-0.05, 0) is 43.5 Å². The van der Waals surface area contributed by atoms with Crippen molar-refractivity contribution in [1.82, 2.24) is 15.2 Å². The molecule has 1 aliphatic heterocycles. The molecule has 2 N–H and O–H groups in total. The molecule has 0 radical (unpaired) electrons. The van der Waals surface area contributed by atoms with Gasteiger partial charge in [-0.2, -0.15) is 0 Å². The van der Waals surface area contributed by atoms with Gasteiger partial charge < -0.3 is 20.4 Å². The summed E-state index contributed by atoms with van der Waals surface area (Å²) >= 11 is 1.61. The Morgan fingerprint density at radius 3 is 2.57 bits per heavy atom. The maximum absolute atomic E-state index is 12.5. The van der Waals surface area contributed by atoms with Gasteiger partial charge in [-0.15, -0.1) is 11.8 Å². The first-order valence-electron chi connectivity index (χ1n) is 9.23. The molecule has 1 saturated heterocycles. The predicted molar refractivity (Wildman–Crippen MR) is 113 cm³/mol. The zero-order valence-electron chi connectivity index (χ0n) is 16.1. The van der Waals surface area contributed by atoms with Crippen LogP contribution >= 0.6 is 11.8 Å². The third-order valence-corrected chi connectivity index (χ3v) is 5.34. The highest BCUT2D eigenvalue weighted by Gasteiger charge is 2.24. The Morgan fingerprint density at radius 2 is 1.89 bits per heavy atom. The smallest absolute Gasteiger partial charge is 0.318 e. The van der Waals surface area contributed by atoms with E-state index in [1.54, 1.807) is 29.8 Å². The molecule has 1 aliphatic rings. The summed E-state index contributed by atoms with van der Waals surface area (Å²) in [4.78, 5) is 34.2. The minimum atomic E-state index is -0.626. The summed E-state index contributed by atoms with van der Waals surface area (Å²) in [6.45, 7) is 4.30. The highest BCUT2D eigenvalue weighted by Crippen LogP contribution is 2.19. The van der Waals surface area contributed by atoms with E-state index in [9.17, 15) is 9.59 Å². The number of urea groups is 1. The van der Waals surface area contributed by atoms with Gasteiger partial charge in [0.2, 0.25) is 5.91 Å². The van der Waals surface area contributed by atoms with Crippen LogP contribution in [0.25, 0.3) is 0 Å². The van der Waals surface area contributed by atoms with E-state index in [1.807, 2.05) is 48.7 Å². The summed E-state index contributed by atoms with van der Waals surface area (Å²) in [6, 6.07) is 12.6. The Balaban J connectivity index is 1.48. The first-order valence-corrected chi connectivity index (χ1v) is 10.5. The standard InChI is InChI=1S/C20H25N5O2S/c1-15(19(26)23-16-6-5-7-17(14-16)28-2)22-20(27)25-12-10-24(11-13-25)18-8-3-4-9-21-18/h3-9,14-15H,10-13H2,1-2H3,(H,22,27)(H,23,26). The summed E-state index contributed by atoms with van der Waals surface area (Å²) in [7, 11) is 0. The van der Waals surface area contributed by atoms with Crippen molar-refractivity contribution < 1.29 is 9.59 Å². The maximum atomic E-state index is 12.5. The average Bonchev–Trinajstić information content (AvgIpc) is 2.74. The van der Waals surface area contributed by atoms with Crippen molar-refractivity contribution in [3.05, 3.63) is 48.7 Å². The van der Waals surface area contributed by atoms with E-state index in [2.05, 4.69) is 20.5 Å². The van der Waals surface area contributed by atoms with Gasteiger partial charge in [0.1, 0.15) is 11.9 Å². The van der Waals surface area contributed by atoms with Gasteiger partial charge in [-0.3, -0.25) is 4.79 Å². The molecule has 3 amide bonds. The van der Waals surface area contributed by atoms with E-state index in [0.717, 1.165) is 16.4 Å². The monoisotopic (exact) mass is 399 g/mol. The summed E-state index contributed by atoms with van der Waals surface area (Å²) in [5.74, 6) is 0.682. The quantitative estimate of drug-likeness (QED) is 0.756. The van der Waals surface area contributed by atoms with E-state index >= 15 is 0 Å². The molecule has 8 heteroatoms. The number of aromatic nitrogens is 1. The van der Waals surface area contributed by atoms with Crippen LogP contribution in [0.1, 0.15) is 6.92 Å². The molecule has 0 spiro atoms. The van der Waals surface area contributed by atoms with Crippen molar-refractivity contribution in [2.75, 3.05) is 42.7 Å². The lowest BCUT2D eigenvalue weighted by atomic mass is 10.2. The van der Waals surface area contributed by atoms with Gasteiger partial charge in [-0.1, -0.05) is 12.1 Å². The van der Waals surface area contributed by atoms with Crippen LogP contribution < -0.4 is 15.5 Å². The van der Waals surface area contributed by atoms with E-state index in [4.69, 9.17) is 0 Å². The molecule has 0 aliphatic carbocycles. The molecule has 1 aromatic carbocycles. The van der Waals surface area contributed by atoms with Crippen LogP contribution in [0.2, 0.25) is 0 Å². The second-order valence-electron chi connectivity index (χ2n) is 6.55. The van der Waals surface area contributed by atoms with E-state index < -0.39 is 6.04 Å². The lowest BCUT2D eigenvalue weighted by Crippen LogP contribution is -2.54. The number of piperazine rings is 1. The maximum Gasteiger partial charge on any atom is 0.318 e. The number of nitrogens with one attached hydrogen (secondary N) is 2. The fraction of sp³-hybridized carbons (Fsp3) is 0.350. The van der Waals surface area contributed by atoms with Crippen LogP contribution in [-0.2, 0) is 4.79 Å². The van der Waals surface area contributed by atoms with Crippen molar-refractivity contribution in [2.24, 2.45) is 0 Å². The lowest BCUT2D eigenvalue weighted by Gasteiger charge is -2.35. The Morgan fingerprint density at radius 1 is 1.11 bits per heavy atom. The highest BCUT2D eigenvalue weighted by molar-refractivity contribution is 7.98. The van der Waals surface area contributed by atoms with Crippen LogP contribution in [0, 0.1) is 0 Å². The zero-order chi connectivity index (χ0) is 19.9. The summed E-state index contributed by atoms with van der Waals surface area (Å²) < 4.78 is 0. The number of carbonyl (C=O) groups is 2. The Kier molecular flexibility index (Phi) is 6.76. The van der Waals surface area contributed by atoms with E-state index in [1.165, 1.54) is 0 Å². The fourth-order valence-electron chi connectivity index (χ4n) is 2.97. The predicted octanol–water partition coefficient (Wildman–Crippen LogP) is 2.66. The van der Waals surface area contributed by atoms with Crippen LogP contribution in [0.3, 0.4) is 0 Å². The molecular formula is C20H25N5O2S. The van der Waals surface area contributed by atoms with Gasteiger partial charge in [-0.25, -0.2) is 9.78 Å². The zero-order valence-corrected chi connectivity index (χ0v) is 16.9. The van der Waals surface area contributed by atoms with E-state index in [0.29, 0.717) is 26.2 Å². The van der Waals surface area contributed by atoms with Crippen LogP contribution in [-0.4, -0.2) is 60.3 Å². The topological polar surface area (TPSA) is 77.6 Å². The van der Waals surface area contributed by atoms with Gasteiger partial charge >= 0.3 is 6.03 Å². The molecule has 3 rings (SSSR count). The SMILES string of the molecule is CSc1cccc(NC(=O)C(C)NC(=O)N2CCN(c3ccccn3)CC2)c1. The Bertz CT molecular complexity index is 809. The number of hydrogen-bond acceptors (Lipinski definition) is 5. The van der Waals surface area contributed by atoms with Gasteiger partial charge in [0.05, 0.1) is 0 Å². The van der Waals surface area contributed by atoms with E-state index in [-0.39, 0.29) is 11.9 Å². The third kappa shape index (κ3) is 5.16. The lowest BCUT2D eigenvalue weighted by molar-refractivity contribution is -0.117. The first-order chi connectivity index (χ1) is 13.6. The van der Waals surface area contributed by atoms with Crippen molar-refractivity contribution in [1.29, 1.82) is 0 Å². The number of pyridine rings is 1. The van der Waals surface area contributed by atoms with Crippen LogP contribution in [0.5, 0.6) is 0 Å². The molecule has 2 heterocycles. The number of amides is 3. The molecule has 7 nitrogen and oxygen atoms in total. The van der Waals surface area contributed by atoms with Crippen molar-refractivity contribution in [3.63, 3.8) is 0 Å². The molecule has 1 fully saturated rings. The molecular weight excluding hydrogens is 374 g/mol. The minimum absolute atomic E-state index is 0.221. The summed E-state index contributed by atoms with van der Waals surface area (Å²) in [5.41, 5.74) is 0.724. The normalized spacial score (nSPS) is 15.1. The van der Waals surface area contributed by atoms with Crippen LogP contribution in [0.4, 0.5) is 16.3 Å². The Hall–Kier alpha value is -2.74. The Labute approximate surface area is 169 Å². The number of thioether (sulfide) groups is 1. The first kappa shape index (κ1) is 20.0. The second-order valence-corrected chi connectivity index (χ2v) is 7.43. The van der Waals surface area contributed by atoms with Crippen molar-refractivity contribution in [3.8, 4) is 0 Å². The number of anilines is 2. The molecule has 1 atom stereocenters. The number of hydrogen-bond donors (Lipinski definition) is 2. The van der Waals surface area contributed by atoms with Crippen molar-refractivity contribution >= 4 is 35.2 Å². The van der Waals surface area contributed by atoms with Gasteiger partial charge in [0, 0.05) is 43.0 Å². The minimum Gasteiger partial charge on any atom is -0.353 e. The highest BCUT2D eigenvalue weighted by atomic mass is 32.2. The molecule has 1 aromatic heterocycles. The molecule has 0 saturated carbocycles. The third-order valence-electron chi connectivity index (χ3n) is 4.61. The number of carbonyl (C=O) groups excluding carboxylic acids is 2. The number of nitrogens with zero attached hydrogens (tertiary/aromatic N) is 3. The average molecular weight is 400 g/mol. The molecule has 0 bridgehead atoms. The molecule has 28 heavy (non-hydrogen) atoms. The van der Waals surface area contributed by atoms with Crippen LogP contribution in [0.15, 0.2) is 53.6 Å². The molecule has 148 valence electrons. The van der Waals surface area contributed by atoms with Crippen molar-refractivity contribution in [2.45, 2.75) is 17.9 Å². The largest absolute Gasteiger partial charge is 0.353 e. The summed E-state index contributed by atoms with van der Waals surface area (Å²) in [6.07, 6.45) is 3.75. The number of benzene rings is 1. The molecule has 1 unspecified atom stereocenters. The van der Waals surface area contributed by atoms with Gasteiger partial charge in [0.15, 0.2) is 0 Å². The molecule has 2 aromatic rings. The van der Waals surface area contributed by atoms with Gasteiger partial charge in [0.25, 0.3) is 0 Å². The number of rotatable bonds is 5.